The van der Waals surface area contributed by atoms with Crippen molar-refractivity contribution in [3.05, 3.63) is 64.1 Å². The fraction of sp³-hybridized carbons (Fsp3) is 0.278. The van der Waals surface area contributed by atoms with Crippen LogP contribution in [0, 0.1) is 13.8 Å². The molecule has 1 amide bonds. The van der Waals surface area contributed by atoms with Crippen molar-refractivity contribution in [3.8, 4) is 0 Å². The van der Waals surface area contributed by atoms with Crippen LogP contribution in [0.25, 0.3) is 5.65 Å². The Kier molecular flexibility index (Phi) is 4.53. The van der Waals surface area contributed by atoms with Gasteiger partial charge in [0.1, 0.15) is 5.56 Å². The Balaban J connectivity index is 1.79. The van der Waals surface area contributed by atoms with Crippen molar-refractivity contribution in [2.24, 2.45) is 0 Å². The first-order valence-electron chi connectivity index (χ1n) is 7.82. The molecule has 124 valence electrons. The second kappa shape index (κ2) is 6.61. The van der Waals surface area contributed by atoms with Crippen LogP contribution in [0.1, 0.15) is 34.2 Å². The smallest absolute Gasteiger partial charge is 0.256 e. The van der Waals surface area contributed by atoms with Gasteiger partial charge in [0.25, 0.3) is 5.91 Å². The van der Waals surface area contributed by atoms with Crippen LogP contribution in [0.3, 0.4) is 0 Å². The van der Waals surface area contributed by atoms with Crippen LogP contribution in [-0.4, -0.2) is 26.5 Å². The molecule has 0 unspecified atom stereocenters. The highest BCUT2D eigenvalue weighted by molar-refractivity contribution is 6.31. The molecule has 5 nitrogen and oxygen atoms in total. The van der Waals surface area contributed by atoms with Gasteiger partial charge in [0.15, 0.2) is 5.65 Å². The van der Waals surface area contributed by atoms with Crippen molar-refractivity contribution >= 4 is 23.2 Å². The van der Waals surface area contributed by atoms with Crippen molar-refractivity contribution in [1.82, 2.24) is 19.9 Å². The molecule has 0 fully saturated rings. The first kappa shape index (κ1) is 16.5. The Labute approximate surface area is 145 Å². The molecule has 3 rings (SSSR count). The number of rotatable bonds is 4. The quantitative estimate of drug-likeness (QED) is 0.791. The van der Waals surface area contributed by atoms with E-state index in [1.807, 2.05) is 51.1 Å². The summed E-state index contributed by atoms with van der Waals surface area (Å²) in [6, 6.07) is 9.53. The molecule has 3 aromatic rings. The summed E-state index contributed by atoms with van der Waals surface area (Å²) in [4.78, 5) is 17.0. The van der Waals surface area contributed by atoms with E-state index < -0.39 is 0 Å². The molecule has 1 atom stereocenters. The summed E-state index contributed by atoms with van der Waals surface area (Å²) in [5.41, 5.74) is 3.87. The summed E-state index contributed by atoms with van der Waals surface area (Å²) >= 11 is 6.18. The van der Waals surface area contributed by atoms with Crippen LogP contribution in [-0.2, 0) is 6.42 Å². The number of fused-ring (bicyclic) bond motifs is 1. The Morgan fingerprint density at radius 2 is 2.08 bits per heavy atom. The molecule has 0 spiro atoms. The van der Waals surface area contributed by atoms with Crippen molar-refractivity contribution < 1.29 is 4.79 Å². The summed E-state index contributed by atoms with van der Waals surface area (Å²) in [6.45, 7) is 5.80. The zero-order chi connectivity index (χ0) is 17.3. The molecule has 0 aliphatic rings. The Morgan fingerprint density at radius 1 is 1.33 bits per heavy atom. The van der Waals surface area contributed by atoms with Gasteiger partial charge in [-0.25, -0.2) is 9.50 Å². The molecule has 2 heterocycles. The van der Waals surface area contributed by atoms with Crippen LogP contribution in [0.15, 0.2) is 36.5 Å². The van der Waals surface area contributed by atoms with Gasteiger partial charge in [0.2, 0.25) is 0 Å². The van der Waals surface area contributed by atoms with E-state index in [2.05, 4.69) is 15.4 Å². The van der Waals surface area contributed by atoms with E-state index in [9.17, 15) is 4.79 Å². The number of aromatic nitrogens is 3. The monoisotopic (exact) mass is 342 g/mol. The lowest BCUT2D eigenvalue weighted by atomic mass is 10.1. The lowest BCUT2D eigenvalue weighted by molar-refractivity contribution is 0.0941. The maximum Gasteiger partial charge on any atom is 0.256 e. The number of amides is 1. The number of carbonyl (C=O) groups is 1. The van der Waals surface area contributed by atoms with Gasteiger partial charge in [-0.1, -0.05) is 29.8 Å². The molecule has 6 heteroatoms. The Bertz CT molecular complexity index is 903. The summed E-state index contributed by atoms with van der Waals surface area (Å²) in [7, 11) is 0. The number of benzene rings is 1. The maximum absolute atomic E-state index is 12.6. The van der Waals surface area contributed by atoms with Crippen molar-refractivity contribution in [2.75, 3.05) is 0 Å². The van der Waals surface area contributed by atoms with E-state index >= 15 is 0 Å². The van der Waals surface area contributed by atoms with Crippen LogP contribution in [0.5, 0.6) is 0 Å². The maximum atomic E-state index is 12.6. The second-order valence-corrected chi connectivity index (χ2v) is 6.41. The van der Waals surface area contributed by atoms with Gasteiger partial charge in [0.05, 0.1) is 6.20 Å². The molecular formula is C18H19ClN4O. The molecule has 0 saturated carbocycles. The van der Waals surface area contributed by atoms with E-state index in [-0.39, 0.29) is 11.9 Å². The highest BCUT2D eigenvalue weighted by Crippen LogP contribution is 2.17. The average Bonchev–Trinajstić information content (AvgIpc) is 2.93. The first-order chi connectivity index (χ1) is 11.5. The Morgan fingerprint density at radius 3 is 2.83 bits per heavy atom. The summed E-state index contributed by atoms with van der Waals surface area (Å²) in [5.74, 6) is -0.179. The summed E-state index contributed by atoms with van der Waals surface area (Å²) in [6.07, 6.45) is 2.22. The highest BCUT2D eigenvalue weighted by Gasteiger charge is 2.17. The molecular weight excluding hydrogens is 324 g/mol. The molecule has 0 saturated heterocycles. The average molecular weight is 343 g/mol. The molecule has 0 aliphatic heterocycles. The molecule has 2 aromatic heterocycles. The van der Waals surface area contributed by atoms with Gasteiger partial charge in [-0.05, 0) is 44.9 Å². The molecule has 1 N–H and O–H groups in total. The van der Waals surface area contributed by atoms with Gasteiger partial charge in [0, 0.05) is 22.5 Å². The standard InChI is InChI=1S/C18H19ClN4O/c1-11-8-13(3)23-17(21-11)15(10-20-23)18(24)22-12(2)9-14-6-4-5-7-16(14)19/h4-8,10,12H,9H2,1-3H3,(H,22,24)/t12-/m0/s1. The lowest BCUT2D eigenvalue weighted by Crippen LogP contribution is -2.34. The zero-order valence-electron chi connectivity index (χ0n) is 13.9. The van der Waals surface area contributed by atoms with Crippen molar-refractivity contribution in [2.45, 2.75) is 33.2 Å². The molecule has 1 aromatic carbocycles. The van der Waals surface area contributed by atoms with Crippen molar-refractivity contribution in [3.63, 3.8) is 0 Å². The normalized spacial score (nSPS) is 12.3. The third-order valence-electron chi connectivity index (χ3n) is 3.88. The zero-order valence-corrected chi connectivity index (χ0v) is 14.6. The van der Waals surface area contributed by atoms with Gasteiger partial charge in [-0.3, -0.25) is 4.79 Å². The minimum atomic E-state index is -0.179. The predicted molar refractivity (Wildman–Crippen MR) is 94.5 cm³/mol. The van der Waals surface area contributed by atoms with E-state index in [0.29, 0.717) is 22.7 Å². The van der Waals surface area contributed by atoms with Crippen molar-refractivity contribution in [1.29, 1.82) is 0 Å². The fourth-order valence-electron chi connectivity index (χ4n) is 2.78. The molecule has 0 radical (unpaired) electrons. The highest BCUT2D eigenvalue weighted by atomic mass is 35.5. The minimum absolute atomic E-state index is 0.0572. The van der Waals surface area contributed by atoms with E-state index in [1.165, 1.54) is 0 Å². The van der Waals surface area contributed by atoms with E-state index in [4.69, 9.17) is 11.6 Å². The Hall–Kier alpha value is -2.40. The van der Waals surface area contributed by atoms with Crippen LogP contribution in [0.4, 0.5) is 0 Å². The fourth-order valence-corrected chi connectivity index (χ4v) is 2.99. The molecule has 24 heavy (non-hydrogen) atoms. The minimum Gasteiger partial charge on any atom is -0.349 e. The first-order valence-corrected chi connectivity index (χ1v) is 8.19. The largest absolute Gasteiger partial charge is 0.349 e. The van der Waals surface area contributed by atoms with Gasteiger partial charge in [-0.15, -0.1) is 0 Å². The summed E-state index contributed by atoms with van der Waals surface area (Å²) in [5, 5.41) is 7.97. The third-order valence-corrected chi connectivity index (χ3v) is 4.25. The number of hydrogen-bond acceptors (Lipinski definition) is 3. The van der Waals surface area contributed by atoms with Gasteiger partial charge < -0.3 is 5.32 Å². The third kappa shape index (κ3) is 3.26. The lowest BCUT2D eigenvalue weighted by Gasteiger charge is -2.14. The predicted octanol–water partition coefficient (Wildman–Crippen LogP) is 3.36. The van der Waals surface area contributed by atoms with E-state index in [1.54, 1.807) is 10.7 Å². The van der Waals surface area contributed by atoms with Gasteiger partial charge in [-0.2, -0.15) is 5.10 Å². The van der Waals surface area contributed by atoms with Crippen LogP contribution in [0.2, 0.25) is 5.02 Å². The molecule has 0 bridgehead atoms. The number of nitrogens with one attached hydrogen (secondary N) is 1. The van der Waals surface area contributed by atoms with E-state index in [0.717, 1.165) is 17.0 Å². The summed E-state index contributed by atoms with van der Waals surface area (Å²) < 4.78 is 1.68. The number of halogens is 1. The SMILES string of the molecule is Cc1cc(C)n2ncc(C(=O)N[C@@H](C)Cc3ccccc3Cl)c2n1. The van der Waals surface area contributed by atoms with Gasteiger partial charge >= 0.3 is 0 Å². The number of hydrogen-bond donors (Lipinski definition) is 1. The number of nitrogens with zero attached hydrogens (tertiary/aromatic N) is 3. The second-order valence-electron chi connectivity index (χ2n) is 6.00. The van der Waals surface area contributed by atoms with Crippen LogP contribution < -0.4 is 5.32 Å². The van der Waals surface area contributed by atoms with Crippen LogP contribution >= 0.6 is 11.6 Å². The molecule has 0 aliphatic carbocycles. The number of carbonyl (C=O) groups excluding carboxylic acids is 1. The number of aryl methyl sites for hydroxylation is 2. The topological polar surface area (TPSA) is 59.3 Å².